The molecule has 0 aliphatic rings. The Morgan fingerprint density at radius 1 is 0.900 bits per heavy atom. The van der Waals surface area contributed by atoms with Gasteiger partial charge in [0.2, 0.25) is 0 Å². The summed E-state index contributed by atoms with van der Waals surface area (Å²) in [5, 5.41) is 15.4. The fourth-order valence-corrected chi connectivity index (χ4v) is 4.84. The van der Waals surface area contributed by atoms with E-state index >= 15 is 0 Å². The maximum atomic E-state index is 12.7. The lowest BCUT2D eigenvalue weighted by Crippen LogP contribution is -2.19. The molecule has 2 amide bonds. The van der Waals surface area contributed by atoms with E-state index in [1.807, 2.05) is 85.8 Å². The van der Waals surface area contributed by atoms with Gasteiger partial charge >= 0.3 is 12.0 Å². The monoisotopic (exact) mass is 532 g/mol. The molecule has 0 radical (unpaired) electrons. The first-order chi connectivity index (χ1) is 19.4. The number of carboxylic acid groups (broad SMARTS) is 1. The van der Waals surface area contributed by atoms with Crippen LogP contribution >= 0.6 is 0 Å². The van der Waals surface area contributed by atoms with E-state index < -0.39 is 5.97 Å². The molecule has 7 nitrogen and oxygen atoms in total. The summed E-state index contributed by atoms with van der Waals surface area (Å²) in [7, 11) is 0. The molecule has 202 valence electrons. The molecule has 0 aliphatic carbocycles. The Balaban J connectivity index is 1.42. The molecule has 5 aromatic rings. The zero-order valence-corrected chi connectivity index (χ0v) is 22.6. The van der Waals surface area contributed by atoms with Gasteiger partial charge in [0.05, 0.1) is 16.6 Å². The molecular formula is C33H32N4O3. The Hall–Kier alpha value is -4.91. The Bertz CT molecular complexity index is 1670. The lowest BCUT2D eigenvalue weighted by molar-refractivity contribution is 0.0697. The van der Waals surface area contributed by atoms with Gasteiger partial charge in [-0.25, -0.2) is 14.6 Å². The Labute approximate surface area is 233 Å². The van der Waals surface area contributed by atoms with E-state index in [1.54, 1.807) is 12.1 Å². The van der Waals surface area contributed by atoms with Crippen LogP contribution in [0.1, 0.15) is 47.1 Å². The fraction of sp³-hybridized carbons (Fsp3) is 0.182. The average molecular weight is 533 g/mol. The number of rotatable bonds is 9. The molecule has 40 heavy (non-hydrogen) atoms. The molecule has 5 rings (SSSR count). The summed E-state index contributed by atoms with van der Waals surface area (Å²) in [5.41, 5.74) is 7.16. The molecule has 4 aromatic carbocycles. The lowest BCUT2D eigenvalue weighted by Gasteiger charge is -2.12. The van der Waals surface area contributed by atoms with Crippen LogP contribution in [0.25, 0.3) is 22.2 Å². The number of carboxylic acids is 1. The van der Waals surface area contributed by atoms with Crippen LogP contribution in [0.15, 0.2) is 91.0 Å². The van der Waals surface area contributed by atoms with Gasteiger partial charge in [-0.15, -0.1) is 0 Å². The highest BCUT2D eigenvalue weighted by Gasteiger charge is 2.14. The summed E-state index contributed by atoms with van der Waals surface area (Å²) in [5.74, 6) is 0.0563. The number of hydrogen-bond acceptors (Lipinski definition) is 3. The molecule has 0 fully saturated rings. The molecule has 1 heterocycles. The predicted octanol–water partition coefficient (Wildman–Crippen LogP) is 7.74. The van der Waals surface area contributed by atoms with E-state index in [-0.39, 0.29) is 11.6 Å². The third-order valence-electron chi connectivity index (χ3n) is 7.00. The van der Waals surface area contributed by atoms with E-state index in [0.717, 1.165) is 58.5 Å². The minimum absolute atomic E-state index is 0.282. The number of aryl methyl sites for hydroxylation is 2. The summed E-state index contributed by atoms with van der Waals surface area (Å²) in [4.78, 5) is 29.3. The van der Waals surface area contributed by atoms with Crippen LogP contribution in [0.5, 0.6) is 0 Å². The number of para-hydroxylation sites is 1. The summed E-state index contributed by atoms with van der Waals surface area (Å²) in [6.45, 7) is 4.72. The summed E-state index contributed by atoms with van der Waals surface area (Å²) in [6, 6.07) is 28.1. The van der Waals surface area contributed by atoms with Gasteiger partial charge in [0, 0.05) is 24.3 Å². The normalized spacial score (nSPS) is 10.9. The number of aromatic nitrogens is 2. The van der Waals surface area contributed by atoms with Crippen molar-refractivity contribution >= 4 is 34.4 Å². The third-order valence-corrected chi connectivity index (χ3v) is 7.00. The maximum Gasteiger partial charge on any atom is 0.336 e. The molecule has 0 aliphatic heterocycles. The SMILES string of the molecule is CCCCc1nc2ccc(NC(=O)Nc3ccccc3C)cc2n1Cc1ccc(-c2ccccc2C(=O)O)cc1. The largest absolute Gasteiger partial charge is 0.478 e. The Morgan fingerprint density at radius 2 is 1.65 bits per heavy atom. The molecule has 0 saturated heterocycles. The number of imidazole rings is 1. The van der Waals surface area contributed by atoms with Crippen LogP contribution in [0, 0.1) is 6.92 Å². The van der Waals surface area contributed by atoms with E-state index in [4.69, 9.17) is 4.98 Å². The first-order valence-corrected chi connectivity index (χ1v) is 13.5. The second kappa shape index (κ2) is 11.9. The number of carbonyl (C=O) groups is 2. The number of anilines is 2. The third kappa shape index (κ3) is 5.89. The molecular weight excluding hydrogens is 500 g/mol. The van der Waals surface area contributed by atoms with Gasteiger partial charge in [-0.2, -0.15) is 0 Å². The van der Waals surface area contributed by atoms with Crippen molar-refractivity contribution in [2.75, 3.05) is 10.6 Å². The van der Waals surface area contributed by atoms with Crippen LogP contribution in [0.3, 0.4) is 0 Å². The number of urea groups is 1. The predicted molar refractivity (Wildman–Crippen MR) is 160 cm³/mol. The second-order valence-corrected chi connectivity index (χ2v) is 9.86. The lowest BCUT2D eigenvalue weighted by atomic mass is 9.99. The molecule has 7 heteroatoms. The number of carbonyl (C=O) groups excluding carboxylic acids is 1. The van der Waals surface area contributed by atoms with Gasteiger partial charge < -0.3 is 20.3 Å². The van der Waals surface area contributed by atoms with Crippen molar-refractivity contribution in [2.24, 2.45) is 0 Å². The average Bonchev–Trinajstić information content (AvgIpc) is 3.29. The number of aromatic carboxylic acids is 1. The zero-order chi connectivity index (χ0) is 28.1. The van der Waals surface area contributed by atoms with Crippen molar-refractivity contribution in [1.82, 2.24) is 9.55 Å². The van der Waals surface area contributed by atoms with Crippen LogP contribution in [-0.2, 0) is 13.0 Å². The van der Waals surface area contributed by atoms with Gasteiger partial charge in [-0.05, 0) is 65.9 Å². The first-order valence-electron chi connectivity index (χ1n) is 13.5. The quantitative estimate of drug-likeness (QED) is 0.181. The highest BCUT2D eigenvalue weighted by Crippen LogP contribution is 2.27. The van der Waals surface area contributed by atoms with Gasteiger partial charge in [0.1, 0.15) is 5.82 Å². The van der Waals surface area contributed by atoms with Crippen molar-refractivity contribution in [3.8, 4) is 11.1 Å². The van der Waals surface area contributed by atoms with Crippen LogP contribution in [-0.4, -0.2) is 26.7 Å². The van der Waals surface area contributed by atoms with Crippen LogP contribution < -0.4 is 10.6 Å². The Kier molecular flexibility index (Phi) is 7.92. The number of nitrogens with one attached hydrogen (secondary N) is 2. The van der Waals surface area contributed by atoms with Crippen molar-refractivity contribution < 1.29 is 14.7 Å². The maximum absolute atomic E-state index is 12.7. The molecule has 0 saturated carbocycles. The highest BCUT2D eigenvalue weighted by atomic mass is 16.4. The minimum Gasteiger partial charge on any atom is -0.478 e. The number of benzene rings is 4. The zero-order valence-electron chi connectivity index (χ0n) is 22.6. The number of fused-ring (bicyclic) bond motifs is 1. The highest BCUT2D eigenvalue weighted by molar-refractivity contribution is 6.01. The molecule has 3 N–H and O–H groups in total. The van der Waals surface area contributed by atoms with E-state index in [0.29, 0.717) is 17.8 Å². The Morgan fingerprint density at radius 3 is 2.40 bits per heavy atom. The van der Waals surface area contributed by atoms with Gasteiger partial charge in [-0.1, -0.05) is 74.0 Å². The van der Waals surface area contributed by atoms with Crippen LogP contribution in [0.4, 0.5) is 16.2 Å². The smallest absolute Gasteiger partial charge is 0.336 e. The van der Waals surface area contributed by atoms with E-state index in [1.165, 1.54) is 0 Å². The number of unbranched alkanes of at least 4 members (excludes halogenated alkanes) is 1. The minimum atomic E-state index is -0.942. The van der Waals surface area contributed by atoms with Crippen molar-refractivity contribution in [3.63, 3.8) is 0 Å². The fourth-order valence-electron chi connectivity index (χ4n) is 4.84. The summed E-state index contributed by atoms with van der Waals surface area (Å²) < 4.78 is 2.20. The topological polar surface area (TPSA) is 96.3 Å². The van der Waals surface area contributed by atoms with E-state index in [9.17, 15) is 14.7 Å². The van der Waals surface area contributed by atoms with E-state index in [2.05, 4.69) is 22.1 Å². The first kappa shape index (κ1) is 26.7. The molecule has 0 unspecified atom stereocenters. The number of amides is 2. The summed E-state index contributed by atoms with van der Waals surface area (Å²) >= 11 is 0. The van der Waals surface area contributed by atoms with Crippen LogP contribution in [0.2, 0.25) is 0 Å². The van der Waals surface area contributed by atoms with Crippen molar-refractivity contribution in [1.29, 1.82) is 0 Å². The number of nitrogens with zero attached hydrogens (tertiary/aromatic N) is 2. The van der Waals surface area contributed by atoms with Crippen molar-refractivity contribution in [3.05, 3.63) is 114 Å². The molecule has 0 spiro atoms. The second-order valence-electron chi connectivity index (χ2n) is 9.86. The standard InChI is InChI=1S/C33H32N4O3/c1-3-4-13-31-35-29-19-18-25(34-33(40)36-28-12-8-5-9-22(28)2)20-30(29)37(31)21-23-14-16-24(17-15-23)26-10-6-7-11-27(26)32(38)39/h5-12,14-20H,3-4,13,21H2,1-2H3,(H,38,39)(H2,34,36,40). The summed E-state index contributed by atoms with van der Waals surface area (Å²) in [6.07, 6.45) is 2.94. The van der Waals surface area contributed by atoms with Crippen molar-refractivity contribution in [2.45, 2.75) is 39.7 Å². The van der Waals surface area contributed by atoms with Gasteiger partial charge in [0.15, 0.2) is 0 Å². The number of hydrogen-bond donors (Lipinski definition) is 3. The molecule has 0 atom stereocenters. The van der Waals surface area contributed by atoms with Gasteiger partial charge in [0.25, 0.3) is 0 Å². The molecule has 0 bridgehead atoms. The van der Waals surface area contributed by atoms with Gasteiger partial charge in [-0.3, -0.25) is 0 Å². The molecule has 1 aromatic heterocycles.